The zero-order valence-electron chi connectivity index (χ0n) is 48.3. The Morgan fingerprint density at radius 3 is 0.743 bits per heavy atom. The van der Waals surface area contributed by atoms with Gasteiger partial charge in [0.25, 0.3) is 0 Å². The third-order valence-corrected chi connectivity index (χ3v) is 15.8. The van der Waals surface area contributed by atoms with Crippen LogP contribution in [0.3, 0.4) is 0 Å². The predicted octanol–water partition coefficient (Wildman–Crippen LogP) is 22.0. The van der Waals surface area contributed by atoms with Crippen LogP contribution in [0.5, 0.6) is 0 Å². The lowest BCUT2D eigenvalue weighted by atomic mass is 10.0. The van der Waals surface area contributed by atoms with E-state index in [1.165, 1.54) is 340 Å². The number of unbranched alkanes of at least 4 members (excludes halogenated alkanes) is 55. The van der Waals surface area contributed by atoms with Crippen molar-refractivity contribution in [3.63, 3.8) is 0 Å². The third kappa shape index (κ3) is 58.0. The number of aliphatic hydroxyl groups excluding tert-OH is 2. The smallest absolute Gasteiger partial charge is 0.220 e. The number of nitrogens with one attached hydrogen (secondary N) is 1. The van der Waals surface area contributed by atoms with Crippen LogP contribution in [0.2, 0.25) is 0 Å². The van der Waals surface area contributed by atoms with Gasteiger partial charge in [0, 0.05) is 6.42 Å². The number of rotatable bonds is 62. The molecule has 4 nitrogen and oxygen atoms in total. The predicted molar refractivity (Wildman–Crippen MR) is 313 cm³/mol. The van der Waals surface area contributed by atoms with Gasteiger partial charge in [0.1, 0.15) is 0 Å². The first-order chi connectivity index (χ1) is 34.7. The average molecular weight is 987 g/mol. The van der Waals surface area contributed by atoms with Gasteiger partial charge in [-0.15, -0.1) is 0 Å². The van der Waals surface area contributed by atoms with Crippen LogP contribution < -0.4 is 5.32 Å². The quantitative estimate of drug-likeness (QED) is 0.0420. The second-order valence-electron chi connectivity index (χ2n) is 22.9. The lowest BCUT2D eigenvalue weighted by molar-refractivity contribution is -0.123. The van der Waals surface area contributed by atoms with Crippen molar-refractivity contribution in [1.29, 1.82) is 0 Å². The van der Waals surface area contributed by atoms with Gasteiger partial charge in [-0.1, -0.05) is 373 Å². The molecule has 70 heavy (non-hydrogen) atoms. The maximum Gasteiger partial charge on any atom is 0.220 e. The van der Waals surface area contributed by atoms with E-state index in [2.05, 4.69) is 19.2 Å². The Hall–Kier alpha value is -0.870. The van der Waals surface area contributed by atoms with Gasteiger partial charge in [0.2, 0.25) is 5.91 Å². The van der Waals surface area contributed by atoms with E-state index < -0.39 is 12.1 Å². The Morgan fingerprint density at radius 1 is 0.329 bits per heavy atom. The van der Waals surface area contributed by atoms with Crippen molar-refractivity contribution in [2.75, 3.05) is 6.61 Å². The molecule has 0 bridgehead atoms. The van der Waals surface area contributed by atoms with Crippen molar-refractivity contribution in [3.05, 3.63) is 12.2 Å². The van der Waals surface area contributed by atoms with Crippen molar-refractivity contribution in [2.45, 2.75) is 398 Å². The van der Waals surface area contributed by atoms with Crippen molar-refractivity contribution in [3.8, 4) is 0 Å². The van der Waals surface area contributed by atoms with Crippen LogP contribution in [0.1, 0.15) is 386 Å². The van der Waals surface area contributed by atoms with E-state index in [-0.39, 0.29) is 12.5 Å². The molecule has 2 atom stereocenters. The second kappa shape index (κ2) is 62.4. The standard InChI is InChI=1S/C66H131NO3/c1-3-5-7-9-11-13-15-17-19-21-23-25-27-29-31-32-33-34-36-38-40-42-44-46-48-50-52-54-56-58-60-62-66(70)67-64(63-68)65(69)61-59-57-55-53-51-49-47-45-43-41-39-37-35-30-28-26-24-22-20-18-16-14-12-10-8-6-4-2/h59,61,64-65,68-69H,3-58,60,62-63H2,1-2H3,(H,67,70)/b61-59+. The average Bonchev–Trinajstić information content (AvgIpc) is 3.36. The van der Waals surface area contributed by atoms with Gasteiger partial charge in [-0.2, -0.15) is 0 Å². The van der Waals surface area contributed by atoms with E-state index in [1.54, 1.807) is 6.08 Å². The summed E-state index contributed by atoms with van der Waals surface area (Å²) in [6.45, 7) is 4.37. The fraction of sp³-hybridized carbons (Fsp3) is 0.955. The number of allylic oxidation sites excluding steroid dienone is 1. The van der Waals surface area contributed by atoms with E-state index in [0.29, 0.717) is 6.42 Å². The maximum absolute atomic E-state index is 12.5. The minimum atomic E-state index is -0.837. The zero-order valence-corrected chi connectivity index (χ0v) is 48.3. The van der Waals surface area contributed by atoms with Gasteiger partial charge in [-0.25, -0.2) is 0 Å². The van der Waals surface area contributed by atoms with Crippen LogP contribution in [-0.4, -0.2) is 34.9 Å². The summed E-state index contributed by atoms with van der Waals surface area (Å²) in [7, 11) is 0. The van der Waals surface area contributed by atoms with Crippen LogP contribution in [0.15, 0.2) is 12.2 Å². The Morgan fingerprint density at radius 2 is 0.529 bits per heavy atom. The van der Waals surface area contributed by atoms with Crippen LogP contribution >= 0.6 is 0 Å². The fourth-order valence-electron chi connectivity index (χ4n) is 10.8. The van der Waals surface area contributed by atoms with Crippen molar-refractivity contribution in [1.82, 2.24) is 5.32 Å². The summed E-state index contributed by atoms with van der Waals surface area (Å²) in [5, 5.41) is 23.3. The van der Waals surface area contributed by atoms with Crippen molar-refractivity contribution in [2.24, 2.45) is 0 Å². The largest absolute Gasteiger partial charge is 0.394 e. The summed E-state index contributed by atoms with van der Waals surface area (Å²) in [5.74, 6) is -0.0536. The molecular weight excluding hydrogens is 855 g/mol. The number of hydrogen-bond acceptors (Lipinski definition) is 3. The van der Waals surface area contributed by atoms with Gasteiger partial charge < -0.3 is 15.5 Å². The molecule has 0 rings (SSSR count). The van der Waals surface area contributed by atoms with E-state index in [1.807, 2.05) is 6.08 Å². The zero-order chi connectivity index (χ0) is 50.6. The Bertz CT molecular complexity index is 982. The molecule has 0 aromatic heterocycles. The van der Waals surface area contributed by atoms with Gasteiger partial charge in [0.15, 0.2) is 0 Å². The molecule has 0 aliphatic heterocycles. The van der Waals surface area contributed by atoms with Crippen LogP contribution in [0.4, 0.5) is 0 Å². The summed E-state index contributed by atoms with van der Waals surface area (Å²) in [6, 6.07) is -0.619. The number of carbonyl (C=O) groups is 1. The molecule has 0 radical (unpaired) electrons. The minimum Gasteiger partial charge on any atom is -0.394 e. The van der Waals surface area contributed by atoms with Crippen molar-refractivity contribution < 1.29 is 15.0 Å². The van der Waals surface area contributed by atoms with Gasteiger partial charge in [0.05, 0.1) is 18.8 Å². The molecular formula is C66H131NO3. The number of hydrogen-bond donors (Lipinski definition) is 3. The number of amides is 1. The third-order valence-electron chi connectivity index (χ3n) is 15.8. The molecule has 0 aliphatic rings. The molecule has 0 fully saturated rings. The highest BCUT2D eigenvalue weighted by molar-refractivity contribution is 5.76. The fourth-order valence-corrected chi connectivity index (χ4v) is 10.8. The molecule has 0 spiro atoms. The number of carbonyl (C=O) groups excluding carboxylic acids is 1. The van der Waals surface area contributed by atoms with Gasteiger partial charge in [-0.3, -0.25) is 4.79 Å². The first-order valence-electron chi connectivity index (χ1n) is 32.9. The summed E-state index contributed by atoms with van der Waals surface area (Å²) in [6.07, 6.45) is 82.8. The highest BCUT2D eigenvalue weighted by Crippen LogP contribution is 2.19. The Kier molecular flexibility index (Phi) is 61.6. The maximum atomic E-state index is 12.5. The molecule has 418 valence electrons. The molecule has 0 aliphatic carbocycles. The molecule has 0 saturated carbocycles. The lowest BCUT2D eigenvalue weighted by Crippen LogP contribution is -2.45. The molecule has 1 amide bonds. The second-order valence-corrected chi connectivity index (χ2v) is 22.9. The monoisotopic (exact) mass is 986 g/mol. The molecule has 3 N–H and O–H groups in total. The summed E-state index contributed by atoms with van der Waals surface area (Å²) >= 11 is 0. The molecule has 0 aromatic rings. The minimum absolute atomic E-state index is 0.0536. The van der Waals surface area contributed by atoms with Crippen LogP contribution in [0.25, 0.3) is 0 Å². The highest BCUT2D eigenvalue weighted by atomic mass is 16.3. The summed E-state index contributed by atoms with van der Waals surface area (Å²) < 4.78 is 0. The van der Waals surface area contributed by atoms with Crippen LogP contribution in [0, 0.1) is 0 Å². The topological polar surface area (TPSA) is 69.6 Å². The van der Waals surface area contributed by atoms with E-state index in [4.69, 9.17) is 0 Å². The van der Waals surface area contributed by atoms with E-state index in [9.17, 15) is 15.0 Å². The molecule has 4 heteroatoms. The first kappa shape index (κ1) is 69.1. The van der Waals surface area contributed by atoms with Gasteiger partial charge >= 0.3 is 0 Å². The van der Waals surface area contributed by atoms with Gasteiger partial charge in [-0.05, 0) is 19.3 Å². The Balaban J connectivity index is 3.40. The normalized spacial score (nSPS) is 12.7. The molecule has 0 aromatic carbocycles. The Labute approximate surface area is 441 Å². The van der Waals surface area contributed by atoms with Crippen LogP contribution in [-0.2, 0) is 4.79 Å². The molecule has 0 heterocycles. The summed E-state index contributed by atoms with van der Waals surface area (Å²) in [4.78, 5) is 12.5. The summed E-state index contributed by atoms with van der Waals surface area (Å²) in [5.41, 5.74) is 0. The molecule has 2 unspecified atom stereocenters. The van der Waals surface area contributed by atoms with E-state index in [0.717, 1.165) is 25.7 Å². The SMILES string of the molecule is CCCCCCCCCCCCCCCCCCCCCCCCCCC/C=C/C(O)C(CO)NC(=O)CCCCCCCCCCCCCCCCCCCCCCCCCCCCCCCCC. The molecule has 0 saturated heterocycles. The lowest BCUT2D eigenvalue weighted by Gasteiger charge is -2.20. The number of aliphatic hydroxyl groups is 2. The van der Waals surface area contributed by atoms with Crippen molar-refractivity contribution >= 4 is 5.91 Å². The van der Waals surface area contributed by atoms with E-state index >= 15 is 0 Å². The first-order valence-corrected chi connectivity index (χ1v) is 32.9. The highest BCUT2D eigenvalue weighted by Gasteiger charge is 2.18.